The van der Waals surface area contributed by atoms with Crippen molar-refractivity contribution in [3.05, 3.63) is 24.2 Å². The molecule has 0 spiro atoms. The first-order chi connectivity index (χ1) is 12.1. The predicted octanol–water partition coefficient (Wildman–Crippen LogP) is 1.33. The molecule has 0 saturated carbocycles. The van der Waals surface area contributed by atoms with E-state index in [2.05, 4.69) is 20.1 Å². The summed E-state index contributed by atoms with van der Waals surface area (Å²) in [5, 5.41) is 13.9. The Kier molecular flexibility index (Phi) is 8.18. The van der Waals surface area contributed by atoms with Gasteiger partial charge in [0, 0.05) is 39.8 Å². The highest BCUT2D eigenvalue weighted by Gasteiger charge is 2.30. The molecule has 0 aliphatic carbocycles. The quantitative estimate of drug-likeness (QED) is 0.378. The molecule has 3 heterocycles. The first kappa shape index (κ1) is 21.5. The third kappa shape index (κ3) is 5.58. The Labute approximate surface area is 172 Å². The van der Waals surface area contributed by atoms with Crippen molar-refractivity contribution < 1.29 is 14.3 Å². The maximum atomic E-state index is 10.6. The summed E-state index contributed by atoms with van der Waals surface area (Å²) in [5.74, 6) is 2.06. The van der Waals surface area contributed by atoms with Gasteiger partial charge in [-0.05, 0) is 31.4 Å². The van der Waals surface area contributed by atoms with Crippen molar-refractivity contribution in [2.45, 2.75) is 18.9 Å². The van der Waals surface area contributed by atoms with Crippen molar-refractivity contribution in [3.8, 4) is 0 Å². The molecule has 7 nitrogen and oxygen atoms in total. The Balaban J connectivity index is 0.00000243. The molecular formula is C18H31IN4O3. The van der Waals surface area contributed by atoms with Crippen LogP contribution in [0.1, 0.15) is 19.1 Å². The van der Waals surface area contributed by atoms with Crippen molar-refractivity contribution >= 4 is 29.9 Å². The molecule has 2 N–H and O–H groups in total. The zero-order chi connectivity index (χ0) is 17.7. The van der Waals surface area contributed by atoms with Crippen LogP contribution in [-0.2, 0) is 10.3 Å². The van der Waals surface area contributed by atoms with Gasteiger partial charge in [-0.15, -0.1) is 24.0 Å². The zero-order valence-corrected chi connectivity index (χ0v) is 18.0. The van der Waals surface area contributed by atoms with Gasteiger partial charge in [-0.1, -0.05) is 0 Å². The third-order valence-electron chi connectivity index (χ3n) is 5.06. The first-order valence-electron chi connectivity index (χ1n) is 9.10. The number of halogens is 1. The second-order valence-electron chi connectivity index (χ2n) is 7.17. The average molecular weight is 478 g/mol. The first-order valence-corrected chi connectivity index (χ1v) is 9.10. The van der Waals surface area contributed by atoms with Crippen molar-refractivity contribution in [1.82, 2.24) is 15.1 Å². The lowest BCUT2D eigenvalue weighted by Gasteiger charge is -2.29. The van der Waals surface area contributed by atoms with Gasteiger partial charge >= 0.3 is 0 Å². The summed E-state index contributed by atoms with van der Waals surface area (Å²) in [6.45, 7) is 9.00. The maximum absolute atomic E-state index is 10.6. The van der Waals surface area contributed by atoms with Crippen LogP contribution in [0.25, 0.3) is 0 Å². The highest BCUT2D eigenvalue weighted by Crippen LogP contribution is 2.21. The normalized spacial score (nSPS) is 24.2. The van der Waals surface area contributed by atoms with Gasteiger partial charge in [-0.3, -0.25) is 9.89 Å². The van der Waals surface area contributed by atoms with Gasteiger partial charge in [0.1, 0.15) is 11.4 Å². The van der Waals surface area contributed by atoms with Gasteiger partial charge in [0.15, 0.2) is 5.96 Å². The van der Waals surface area contributed by atoms with Gasteiger partial charge in [0.05, 0.1) is 26.0 Å². The number of nitrogens with one attached hydrogen (secondary N) is 1. The molecule has 3 rings (SSSR count). The maximum Gasteiger partial charge on any atom is 0.193 e. The molecule has 0 aromatic carbocycles. The minimum absolute atomic E-state index is 0. The van der Waals surface area contributed by atoms with E-state index in [0.29, 0.717) is 18.2 Å². The topological polar surface area (TPSA) is 73.5 Å². The number of aliphatic imine (C=N–C) groups is 1. The number of guanidine groups is 1. The summed E-state index contributed by atoms with van der Waals surface area (Å²) < 4.78 is 10.8. The molecule has 2 atom stereocenters. The van der Waals surface area contributed by atoms with E-state index >= 15 is 0 Å². The molecule has 0 amide bonds. The Morgan fingerprint density at radius 3 is 2.81 bits per heavy atom. The van der Waals surface area contributed by atoms with Crippen LogP contribution in [0.5, 0.6) is 0 Å². The Morgan fingerprint density at radius 2 is 2.15 bits per heavy atom. The number of furan rings is 1. The molecule has 2 aliphatic rings. The molecule has 0 bridgehead atoms. The summed E-state index contributed by atoms with van der Waals surface area (Å²) in [5.41, 5.74) is -1.06. The van der Waals surface area contributed by atoms with Crippen LogP contribution in [0.4, 0.5) is 0 Å². The van der Waals surface area contributed by atoms with Crippen molar-refractivity contribution in [1.29, 1.82) is 0 Å². The van der Waals surface area contributed by atoms with E-state index < -0.39 is 5.60 Å². The molecule has 8 heteroatoms. The second kappa shape index (κ2) is 9.91. The zero-order valence-electron chi connectivity index (χ0n) is 15.7. The van der Waals surface area contributed by atoms with Gasteiger partial charge < -0.3 is 24.5 Å². The molecule has 2 fully saturated rings. The lowest BCUT2D eigenvalue weighted by atomic mass is 10.0. The van der Waals surface area contributed by atoms with Crippen molar-refractivity contribution in [2.75, 3.05) is 59.5 Å². The van der Waals surface area contributed by atoms with E-state index in [9.17, 15) is 5.11 Å². The molecule has 1 aromatic heterocycles. The van der Waals surface area contributed by atoms with Crippen molar-refractivity contribution in [3.63, 3.8) is 0 Å². The van der Waals surface area contributed by atoms with Gasteiger partial charge in [-0.2, -0.15) is 0 Å². The number of hydrogen-bond donors (Lipinski definition) is 2. The average Bonchev–Trinajstić information content (AvgIpc) is 3.29. The number of ether oxygens (including phenoxy) is 1. The van der Waals surface area contributed by atoms with Gasteiger partial charge in [0.2, 0.25) is 0 Å². The molecular weight excluding hydrogens is 447 g/mol. The van der Waals surface area contributed by atoms with Crippen LogP contribution >= 0.6 is 24.0 Å². The number of hydrogen-bond acceptors (Lipinski definition) is 5. The van der Waals surface area contributed by atoms with Crippen LogP contribution < -0.4 is 5.32 Å². The predicted molar refractivity (Wildman–Crippen MR) is 112 cm³/mol. The highest BCUT2D eigenvalue weighted by atomic mass is 127. The molecule has 148 valence electrons. The minimum Gasteiger partial charge on any atom is -0.466 e. The molecule has 2 unspecified atom stereocenters. The van der Waals surface area contributed by atoms with Crippen molar-refractivity contribution in [2.24, 2.45) is 10.9 Å². The van der Waals surface area contributed by atoms with E-state index in [1.807, 2.05) is 0 Å². The molecule has 0 radical (unpaired) electrons. The van der Waals surface area contributed by atoms with E-state index in [0.717, 1.165) is 51.9 Å². The van der Waals surface area contributed by atoms with Crippen LogP contribution in [0.15, 0.2) is 27.8 Å². The van der Waals surface area contributed by atoms with Gasteiger partial charge in [0.25, 0.3) is 0 Å². The van der Waals surface area contributed by atoms with E-state index in [-0.39, 0.29) is 24.0 Å². The smallest absolute Gasteiger partial charge is 0.193 e. The summed E-state index contributed by atoms with van der Waals surface area (Å²) in [6.07, 6.45) is 2.75. The third-order valence-corrected chi connectivity index (χ3v) is 5.06. The molecule has 2 aliphatic heterocycles. The van der Waals surface area contributed by atoms with Gasteiger partial charge in [-0.25, -0.2) is 0 Å². The number of rotatable bonds is 5. The second-order valence-corrected chi connectivity index (χ2v) is 7.17. The van der Waals surface area contributed by atoms with E-state index in [4.69, 9.17) is 9.15 Å². The van der Waals surface area contributed by atoms with E-state index in [1.54, 1.807) is 32.4 Å². The number of nitrogens with zero attached hydrogens (tertiary/aromatic N) is 3. The van der Waals surface area contributed by atoms with Crippen LogP contribution in [0, 0.1) is 5.92 Å². The number of likely N-dealkylation sites (tertiary alicyclic amines) is 1. The summed E-state index contributed by atoms with van der Waals surface area (Å²) in [4.78, 5) is 9.17. The van der Waals surface area contributed by atoms with Crippen LogP contribution in [0.3, 0.4) is 0 Å². The highest BCUT2D eigenvalue weighted by molar-refractivity contribution is 14.0. The number of aliphatic hydroxyl groups is 1. The summed E-state index contributed by atoms with van der Waals surface area (Å²) in [6, 6.07) is 3.58. The lowest BCUT2D eigenvalue weighted by molar-refractivity contribution is 0.0314. The summed E-state index contributed by atoms with van der Waals surface area (Å²) in [7, 11) is 1.79. The standard InChI is InChI=1S/C18H30N4O3.HI/c1-18(23,16-4-3-9-25-16)14-20-17(19-2)22-6-5-15(13-22)12-21-7-10-24-11-8-21;/h3-4,9,15,23H,5-8,10-14H2,1-2H3,(H,19,20);1H. The Morgan fingerprint density at radius 1 is 1.38 bits per heavy atom. The Bertz CT molecular complexity index is 559. The fourth-order valence-electron chi connectivity index (χ4n) is 3.58. The lowest BCUT2D eigenvalue weighted by Crippen LogP contribution is -2.46. The fraction of sp³-hybridized carbons (Fsp3) is 0.722. The minimum atomic E-state index is -1.06. The fourth-order valence-corrected chi connectivity index (χ4v) is 3.58. The number of morpholine rings is 1. The van der Waals surface area contributed by atoms with Crippen LogP contribution in [0.2, 0.25) is 0 Å². The molecule has 26 heavy (non-hydrogen) atoms. The summed E-state index contributed by atoms with van der Waals surface area (Å²) >= 11 is 0. The largest absolute Gasteiger partial charge is 0.466 e. The molecule has 1 aromatic rings. The van der Waals surface area contributed by atoms with Crippen LogP contribution in [-0.4, -0.2) is 80.4 Å². The molecule has 2 saturated heterocycles. The van der Waals surface area contributed by atoms with E-state index in [1.165, 1.54) is 6.42 Å². The Hall–Kier alpha value is -0.840. The monoisotopic (exact) mass is 478 g/mol. The SMILES string of the molecule is CN=C(NCC(C)(O)c1ccco1)N1CCC(CN2CCOCC2)C1.I.